The minimum absolute atomic E-state index is 0.0950. The molecule has 300 valence electrons. The molecule has 1 aromatic heterocycles. The Morgan fingerprint density at radius 3 is 2.27 bits per heavy atom. The van der Waals surface area contributed by atoms with E-state index in [0.29, 0.717) is 50.8 Å². The van der Waals surface area contributed by atoms with E-state index in [2.05, 4.69) is 10.4 Å². The zero-order valence-corrected chi connectivity index (χ0v) is 33.0. The van der Waals surface area contributed by atoms with Crippen LogP contribution in [0.3, 0.4) is 0 Å². The van der Waals surface area contributed by atoms with E-state index in [-0.39, 0.29) is 35.8 Å². The van der Waals surface area contributed by atoms with Crippen molar-refractivity contribution in [1.29, 1.82) is 0 Å². The highest BCUT2D eigenvalue weighted by Gasteiger charge is 2.71. The number of allylic oxidation sites excluding steroid dienone is 2. The van der Waals surface area contributed by atoms with Crippen LogP contribution in [0.15, 0.2) is 131 Å². The Kier molecular flexibility index (Phi) is 8.64. The number of benzene rings is 5. The summed E-state index contributed by atoms with van der Waals surface area (Å²) in [7, 11) is 2.94. The molecule has 6 aromatic rings. The summed E-state index contributed by atoms with van der Waals surface area (Å²) in [5, 5.41) is 13.1. The third kappa shape index (κ3) is 5.39. The van der Waals surface area contributed by atoms with Gasteiger partial charge < -0.3 is 19.0 Å². The molecule has 2 aliphatic carbocycles. The highest BCUT2D eigenvalue weighted by molar-refractivity contribution is 6.22. The molecule has 0 radical (unpaired) electrons. The molecule has 2 aliphatic heterocycles. The lowest BCUT2D eigenvalue weighted by Gasteiger charge is -2.50. The van der Waals surface area contributed by atoms with E-state index < -0.39 is 52.7 Å². The van der Waals surface area contributed by atoms with Crippen LogP contribution < -0.4 is 19.8 Å². The van der Waals surface area contributed by atoms with Crippen molar-refractivity contribution in [1.82, 2.24) is 9.99 Å². The first kappa shape index (κ1) is 37.1. The highest BCUT2D eigenvalue weighted by Crippen LogP contribution is 2.66. The van der Waals surface area contributed by atoms with Gasteiger partial charge in [-0.05, 0) is 79.8 Å². The number of aromatic hydroxyl groups is 1. The van der Waals surface area contributed by atoms with Crippen LogP contribution in [-0.2, 0) is 24.6 Å². The number of carbonyl (C=O) groups is 4. The Hall–Kier alpha value is -7.21. The number of hydrogen-bond donors (Lipinski definition) is 2. The average molecular weight is 801 g/mol. The molecule has 3 heterocycles. The van der Waals surface area contributed by atoms with Gasteiger partial charge in [0, 0.05) is 29.2 Å². The van der Waals surface area contributed by atoms with Gasteiger partial charge in [-0.25, -0.2) is 4.98 Å². The monoisotopic (exact) mass is 800 g/mol. The maximum atomic E-state index is 15.5. The van der Waals surface area contributed by atoms with E-state index in [1.54, 1.807) is 42.5 Å². The Labute approximate surface area is 345 Å². The van der Waals surface area contributed by atoms with Crippen LogP contribution in [0.4, 0.5) is 11.4 Å². The molecule has 0 spiro atoms. The second-order valence-corrected chi connectivity index (χ2v) is 15.9. The van der Waals surface area contributed by atoms with Crippen molar-refractivity contribution < 1.29 is 38.2 Å². The molecule has 0 bridgehead atoms. The Balaban J connectivity index is 1.10. The molecule has 12 heteroatoms. The maximum Gasteiger partial charge on any atom is 0.260 e. The van der Waals surface area contributed by atoms with Crippen molar-refractivity contribution in [3.8, 4) is 28.7 Å². The predicted octanol–water partition coefficient (Wildman–Crippen LogP) is 7.72. The van der Waals surface area contributed by atoms with Crippen molar-refractivity contribution in [3.05, 3.63) is 144 Å². The molecule has 2 saturated heterocycles. The van der Waals surface area contributed by atoms with Crippen LogP contribution in [0.5, 0.6) is 17.2 Å². The SMILES string of the molecule is COc1cc(O)c(C2C3=CCC4C(=O)N(c5ccc(-c6nc7ccccc7o6)cc5)C(=O)C4C3CC3C(=O)N(Nc4ccc(C)cc4)C(=O)C32c2ccccc2)c(OC)c1. The van der Waals surface area contributed by atoms with Gasteiger partial charge in [-0.3, -0.25) is 29.5 Å². The first-order valence-corrected chi connectivity index (χ1v) is 19.9. The summed E-state index contributed by atoms with van der Waals surface area (Å²) in [4.78, 5) is 65.7. The number of aromatic nitrogens is 1. The van der Waals surface area contributed by atoms with E-state index >= 15 is 9.59 Å². The fourth-order valence-electron chi connectivity index (χ4n) is 10.2. The van der Waals surface area contributed by atoms with Gasteiger partial charge in [-0.15, -0.1) is 0 Å². The summed E-state index contributed by atoms with van der Waals surface area (Å²) in [6.45, 7) is 1.95. The van der Waals surface area contributed by atoms with Gasteiger partial charge in [0.2, 0.25) is 17.7 Å². The number of hydrazine groups is 1. The van der Waals surface area contributed by atoms with Crippen molar-refractivity contribution in [3.63, 3.8) is 0 Å². The number of nitrogens with zero attached hydrogens (tertiary/aromatic N) is 3. The van der Waals surface area contributed by atoms with E-state index in [9.17, 15) is 14.7 Å². The van der Waals surface area contributed by atoms with Crippen LogP contribution in [0.1, 0.15) is 35.4 Å². The topological polar surface area (TPSA) is 152 Å². The highest BCUT2D eigenvalue weighted by atomic mass is 16.5. The van der Waals surface area contributed by atoms with E-state index in [1.165, 1.54) is 25.2 Å². The van der Waals surface area contributed by atoms with Gasteiger partial charge in [0.1, 0.15) is 22.8 Å². The summed E-state index contributed by atoms with van der Waals surface area (Å²) in [5.41, 5.74) is 7.04. The van der Waals surface area contributed by atoms with Crippen molar-refractivity contribution >= 4 is 46.1 Å². The summed E-state index contributed by atoms with van der Waals surface area (Å²) < 4.78 is 17.4. The molecule has 60 heavy (non-hydrogen) atoms. The minimum Gasteiger partial charge on any atom is -0.507 e. The number of para-hydroxylation sites is 2. The number of carbonyl (C=O) groups excluding carboxylic acids is 4. The lowest BCUT2D eigenvalue weighted by Crippen LogP contribution is -2.53. The third-order valence-corrected chi connectivity index (χ3v) is 12.9. The Morgan fingerprint density at radius 2 is 1.55 bits per heavy atom. The van der Waals surface area contributed by atoms with E-state index in [0.717, 1.165) is 10.6 Å². The Morgan fingerprint density at radius 1 is 0.817 bits per heavy atom. The van der Waals surface area contributed by atoms with Gasteiger partial charge in [-0.2, -0.15) is 5.01 Å². The van der Waals surface area contributed by atoms with E-state index in [1.807, 2.05) is 79.7 Å². The van der Waals surface area contributed by atoms with E-state index in [4.69, 9.17) is 13.9 Å². The number of imide groups is 2. The summed E-state index contributed by atoms with van der Waals surface area (Å²) in [6, 6.07) is 34.0. The normalized spacial score (nSPS) is 24.6. The minimum atomic E-state index is -1.60. The molecule has 10 rings (SSSR count). The summed E-state index contributed by atoms with van der Waals surface area (Å²) >= 11 is 0. The van der Waals surface area contributed by atoms with Gasteiger partial charge in [0.05, 0.1) is 48.8 Å². The molecule has 1 saturated carbocycles. The maximum absolute atomic E-state index is 15.5. The fraction of sp³-hybridized carbons (Fsp3) is 0.229. The van der Waals surface area contributed by atoms with Crippen LogP contribution in [0.25, 0.3) is 22.6 Å². The molecule has 2 N–H and O–H groups in total. The number of aryl methyl sites for hydroxylation is 1. The molecule has 4 aliphatic rings. The zero-order valence-electron chi connectivity index (χ0n) is 33.0. The number of ether oxygens (including phenoxy) is 2. The lowest BCUT2D eigenvalue weighted by atomic mass is 9.49. The number of anilines is 2. The lowest BCUT2D eigenvalue weighted by molar-refractivity contribution is -0.138. The summed E-state index contributed by atoms with van der Waals surface area (Å²) in [6.07, 6.45) is 2.24. The quantitative estimate of drug-likeness (QED) is 0.116. The number of methoxy groups -OCH3 is 2. The fourth-order valence-corrected chi connectivity index (χ4v) is 10.2. The molecule has 4 amide bonds. The van der Waals surface area contributed by atoms with Crippen molar-refractivity contribution in [2.75, 3.05) is 24.5 Å². The van der Waals surface area contributed by atoms with Gasteiger partial charge in [0.25, 0.3) is 11.8 Å². The first-order chi connectivity index (χ1) is 29.1. The largest absolute Gasteiger partial charge is 0.507 e. The number of phenols is 1. The van der Waals surface area contributed by atoms with Crippen LogP contribution in [0, 0.1) is 30.6 Å². The zero-order chi connectivity index (χ0) is 41.4. The van der Waals surface area contributed by atoms with Crippen LogP contribution >= 0.6 is 0 Å². The average Bonchev–Trinajstić information content (AvgIpc) is 3.89. The molecule has 6 unspecified atom stereocenters. The first-order valence-electron chi connectivity index (χ1n) is 19.9. The number of fused-ring (bicyclic) bond motifs is 5. The molecular weight excluding hydrogens is 761 g/mol. The number of phenolic OH excluding ortho intramolecular Hbond substituents is 1. The second kappa shape index (κ2) is 14.0. The number of rotatable bonds is 8. The third-order valence-electron chi connectivity index (χ3n) is 12.9. The number of oxazole rings is 1. The van der Waals surface area contributed by atoms with Crippen LogP contribution in [0.2, 0.25) is 0 Å². The van der Waals surface area contributed by atoms with Crippen molar-refractivity contribution in [2.45, 2.75) is 31.1 Å². The van der Waals surface area contributed by atoms with Crippen molar-refractivity contribution in [2.24, 2.45) is 23.7 Å². The molecular formula is C48H40N4O8. The molecule has 12 nitrogen and oxygen atoms in total. The predicted molar refractivity (Wildman–Crippen MR) is 222 cm³/mol. The second-order valence-electron chi connectivity index (χ2n) is 15.9. The Bertz CT molecular complexity index is 2730. The van der Waals surface area contributed by atoms with Gasteiger partial charge >= 0.3 is 0 Å². The smallest absolute Gasteiger partial charge is 0.260 e. The number of hydrogen-bond acceptors (Lipinski definition) is 10. The van der Waals surface area contributed by atoms with Gasteiger partial charge in [-0.1, -0.05) is 71.8 Å². The molecule has 5 aromatic carbocycles. The summed E-state index contributed by atoms with van der Waals surface area (Å²) in [5.74, 6) is -5.17. The molecule has 3 fully saturated rings. The number of nitrogens with one attached hydrogen (secondary N) is 1. The molecule has 6 atom stereocenters. The van der Waals surface area contributed by atoms with Crippen LogP contribution in [-0.4, -0.2) is 52.9 Å². The number of amides is 4. The van der Waals surface area contributed by atoms with Gasteiger partial charge in [0.15, 0.2) is 5.58 Å². The standard InChI is InChI=1S/C48H40N4O8/c1-26-13-17-29(18-14-26)50-52-45(55)35-25-34-32(42(41-37(53)23-31(58-2)24-39(41)59-3)48(35,47(52)57)28-9-5-4-6-10-28)21-22-33-40(34)46(56)51(44(33)54)30-19-15-27(16-20-30)43-49-36-11-7-8-12-38(36)60-43/h4-21,23-24,33-35,40,42,50,53H,22,25H2,1-3H3.